The van der Waals surface area contributed by atoms with E-state index in [0.29, 0.717) is 30.3 Å². The highest BCUT2D eigenvalue weighted by Gasteiger charge is 2.39. The van der Waals surface area contributed by atoms with Crippen molar-refractivity contribution in [3.05, 3.63) is 57.1 Å². The molecule has 0 radical (unpaired) electrons. The van der Waals surface area contributed by atoms with Gasteiger partial charge in [0.05, 0.1) is 36.9 Å². The smallest absolute Gasteiger partial charge is 0.324 e. The zero-order chi connectivity index (χ0) is 24.4. The van der Waals surface area contributed by atoms with Crippen molar-refractivity contribution < 1.29 is 44.5 Å². The molecule has 1 amide bonds. The molecule has 0 spiro atoms. The largest absolute Gasteiger partial charge is 0.475 e. The zero-order valence-corrected chi connectivity index (χ0v) is 17.5. The molecule has 174 valence electrons. The van der Waals surface area contributed by atoms with E-state index in [-0.39, 0.29) is 5.02 Å². The molecule has 1 N–H and O–H groups in total. The molecule has 2 aromatic carbocycles. The number of rotatable bonds is 6. The number of nitrogens with one attached hydrogen (secondary N) is 1. The van der Waals surface area contributed by atoms with Crippen LogP contribution in [0.4, 0.5) is 37.7 Å². The minimum atomic E-state index is -5.20. The minimum Gasteiger partial charge on any atom is -0.324 e. The topological polar surface area (TPSA) is 106 Å². The summed E-state index contributed by atoms with van der Waals surface area (Å²) < 4.78 is 99.9. The second-order valence-electron chi connectivity index (χ2n) is 5.83. The van der Waals surface area contributed by atoms with Crippen LogP contribution in [-0.4, -0.2) is 30.5 Å². The molecule has 0 aliphatic rings. The normalized spacial score (nSPS) is 14.0. The summed E-state index contributed by atoms with van der Waals surface area (Å²) >= 11 is 5.73. The van der Waals surface area contributed by atoms with Gasteiger partial charge in [0.1, 0.15) is 10.6 Å². The van der Waals surface area contributed by atoms with Gasteiger partial charge < -0.3 is 5.32 Å². The molecule has 0 aliphatic carbocycles. The minimum absolute atomic E-state index is 0.276. The Morgan fingerprint density at radius 3 is 2.22 bits per heavy atom. The molecule has 0 fully saturated rings. The third kappa shape index (κ3) is 6.26. The highest BCUT2D eigenvalue weighted by molar-refractivity contribution is 7.86. The summed E-state index contributed by atoms with van der Waals surface area (Å²) in [6, 6.07) is 3.61. The predicted octanol–water partition coefficient (Wildman–Crippen LogP) is 4.64. The lowest BCUT2D eigenvalue weighted by molar-refractivity contribution is -0.388. The lowest BCUT2D eigenvalue weighted by atomic mass is 10.2. The molecule has 2 unspecified atom stereocenters. The molecule has 0 saturated carbocycles. The number of halogens is 7. The highest BCUT2D eigenvalue weighted by Crippen LogP contribution is 2.34. The maximum absolute atomic E-state index is 12.8. The van der Waals surface area contributed by atoms with Crippen LogP contribution >= 0.6 is 11.6 Å². The fourth-order valence-corrected chi connectivity index (χ4v) is 4.16. The molecule has 0 bridgehead atoms. The highest BCUT2D eigenvalue weighted by atomic mass is 35.5. The van der Waals surface area contributed by atoms with Gasteiger partial charge in [0.25, 0.3) is 5.69 Å². The van der Waals surface area contributed by atoms with Crippen LogP contribution in [0.15, 0.2) is 46.2 Å². The van der Waals surface area contributed by atoms with Gasteiger partial charge in [-0.1, -0.05) is 11.6 Å². The summed E-state index contributed by atoms with van der Waals surface area (Å²) in [7, 11) is -6.08. The van der Waals surface area contributed by atoms with Crippen LogP contribution in [-0.2, 0) is 32.6 Å². The Morgan fingerprint density at radius 2 is 1.69 bits per heavy atom. The van der Waals surface area contributed by atoms with Gasteiger partial charge in [-0.25, -0.2) is 4.21 Å². The number of nitro benzene ring substituents is 1. The fraction of sp³-hybridized carbons (Fsp3) is 0.188. The van der Waals surface area contributed by atoms with E-state index in [2.05, 4.69) is 0 Å². The number of hydrogen-bond donors (Lipinski definition) is 1. The van der Waals surface area contributed by atoms with Gasteiger partial charge in [0.2, 0.25) is 5.91 Å². The molecule has 2 rings (SSSR count). The average molecular weight is 523 g/mol. The van der Waals surface area contributed by atoms with Gasteiger partial charge in [-0.05, 0) is 30.3 Å². The molecular formula is C16H9ClF6N2O5S2. The molecule has 2 aromatic rings. The SMILES string of the molecule is O=C(CS(=O)c1ccc(S(=O)C(F)(F)F)cc1[N+](=O)[O-])Nc1cc(C(F)(F)F)ccc1Cl. The Bertz CT molecular complexity index is 1120. The van der Waals surface area contributed by atoms with E-state index in [9.17, 15) is 49.7 Å². The van der Waals surface area contributed by atoms with E-state index in [1.165, 1.54) is 0 Å². The van der Waals surface area contributed by atoms with Crippen LogP contribution in [0.5, 0.6) is 0 Å². The maximum atomic E-state index is 12.8. The molecule has 0 aliphatic heterocycles. The second-order valence-corrected chi connectivity index (χ2v) is 9.13. The summed E-state index contributed by atoms with van der Waals surface area (Å²) in [6.45, 7) is 0. The molecular weight excluding hydrogens is 514 g/mol. The first-order valence-corrected chi connectivity index (χ1v) is 10.8. The number of alkyl halides is 6. The Labute approximate surface area is 184 Å². The van der Waals surface area contributed by atoms with Gasteiger partial charge in [0, 0.05) is 6.07 Å². The lowest BCUT2D eigenvalue weighted by Crippen LogP contribution is -2.21. The first kappa shape index (κ1) is 25.7. The van der Waals surface area contributed by atoms with Crippen LogP contribution in [0.2, 0.25) is 5.02 Å². The lowest BCUT2D eigenvalue weighted by Gasteiger charge is -2.12. The molecule has 0 aromatic heterocycles. The van der Waals surface area contributed by atoms with E-state index < -0.39 is 76.6 Å². The van der Waals surface area contributed by atoms with Crippen LogP contribution in [0, 0.1) is 10.1 Å². The van der Waals surface area contributed by atoms with Crippen LogP contribution in [0.25, 0.3) is 0 Å². The fourth-order valence-electron chi connectivity index (χ4n) is 2.26. The Balaban J connectivity index is 2.27. The first-order valence-electron chi connectivity index (χ1n) is 7.93. The van der Waals surface area contributed by atoms with Crippen molar-refractivity contribution in [2.45, 2.75) is 21.5 Å². The van der Waals surface area contributed by atoms with Crippen molar-refractivity contribution in [2.24, 2.45) is 0 Å². The number of carbonyl (C=O) groups excluding carboxylic acids is 1. The molecule has 2 atom stereocenters. The Morgan fingerprint density at radius 1 is 1.06 bits per heavy atom. The number of nitrogens with zero attached hydrogens (tertiary/aromatic N) is 1. The standard InChI is InChI=1S/C16H9ClF6N2O5S2/c17-10-3-1-8(15(18,19)20)5-11(10)24-14(26)7-31(29)13-4-2-9(6-12(13)25(27)28)32(30)16(21,22)23/h1-6H,7H2,(H,24,26). The van der Waals surface area contributed by atoms with Crippen molar-refractivity contribution in [3.8, 4) is 0 Å². The third-order valence-electron chi connectivity index (χ3n) is 3.63. The second kappa shape index (κ2) is 9.54. The van der Waals surface area contributed by atoms with Gasteiger partial charge >= 0.3 is 11.7 Å². The van der Waals surface area contributed by atoms with E-state index in [1.807, 2.05) is 5.32 Å². The summed E-state index contributed by atoms with van der Waals surface area (Å²) in [6.07, 6.45) is -4.74. The van der Waals surface area contributed by atoms with E-state index in [4.69, 9.17) is 11.6 Å². The number of amides is 1. The van der Waals surface area contributed by atoms with Crippen molar-refractivity contribution >= 4 is 50.5 Å². The van der Waals surface area contributed by atoms with E-state index >= 15 is 0 Å². The molecule has 0 heterocycles. The molecule has 32 heavy (non-hydrogen) atoms. The molecule has 7 nitrogen and oxygen atoms in total. The van der Waals surface area contributed by atoms with Crippen molar-refractivity contribution in [2.75, 3.05) is 11.1 Å². The third-order valence-corrected chi connectivity index (χ3v) is 6.42. The summed E-state index contributed by atoms with van der Waals surface area (Å²) in [5.74, 6) is -2.13. The quantitative estimate of drug-likeness (QED) is 0.338. The van der Waals surface area contributed by atoms with Gasteiger partial charge in [-0.2, -0.15) is 26.3 Å². The molecule has 0 saturated heterocycles. The summed E-state index contributed by atoms with van der Waals surface area (Å²) in [5.41, 5.74) is -7.88. The monoisotopic (exact) mass is 522 g/mol. The average Bonchev–Trinajstić information content (AvgIpc) is 2.66. The van der Waals surface area contributed by atoms with Gasteiger partial charge in [-0.3, -0.25) is 19.1 Å². The van der Waals surface area contributed by atoms with Crippen LogP contribution < -0.4 is 5.32 Å². The Kier molecular flexibility index (Phi) is 7.67. The predicted molar refractivity (Wildman–Crippen MR) is 102 cm³/mol. The van der Waals surface area contributed by atoms with E-state index in [1.54, 1.807) is 0 Å². The van der Waals surface area contributed by atoms with E-state index in [0.717, 1.165) is 6.07 Å². The Hall–Kier alpha value is -2.52. The number of carbonyl (C=O) groups is 1. The van der Waals surface area contributed by atoms with Crippen molar-refractivity contribution in [1.29, 1.82) is 0 Å². The summed E-state index contributed by atoms with van der Waals surface area (Å²) in [4.78, 5) is 20.5. The molecule has 16 heteroatoms. The van der Waals surface area contributed by atoms with Crippen LogP contribution in [0.3, 0.4) is 0 Å². The number of nitro groups is 1. The number of hydrogen-bond acceptors (Lipinski definition) is 5. The number of benzene rings is 2. The van der Waals surface area contributed by atoms with Crippen molar-refractivity contribution in [1.82, 2.24) is 0 Å². The van der Waals surface area contributed by atoms with Gasteiger partial charge in [-0.15, -0.1) is 0 Å². The summed E-state index contributed by atoms with van der Waals surface area (Å²) in [5, 5.41) is 12.9. The van der Waals surface area contributed by atoms with Gasteiger partial charge in [0.15, 0.2) is 10.8 Å². The number of anilines is 1. The van der Waals surface area contributed by atoms with Crippen LogP contribution in [0.1, 0.15) is 5.56 Å². The zero-order valence-electron chi connectivity index (χ0n) is 15.1. The first-order chi connectivity index (χ1) is 14.6. The maximum Gasteiger partial charge on any atom is 0.475 e. The van der Waals surface area contributed by atoms with Crippen molar-refractivity contribution in [3.63, 3.8) is 0 Å².